The molecule has 252 valence electrons. The standard InChI is InChI=1S/C34H65N2O6P/c1-6-8-10-12-14-16-17-18-20-21-23-25-27-33(37)32(31-42-43(39,40)41-30-29-36(3,4)5)35-34(38)28-26-24-22-19-15-13-11-9-7-2/h12,14,18,20,25,27,32-33,37H,6-11,13,15-17,19,21-24,26,28-31H2,1-5H3,(H-,35,38,39,40)/p+1/b14-12+,20-18+,27-25+. The third-order valence-corrected chi connectivity index (χ3v) is 8.07. The lowest BCUT2D eigenvalue weighted by Crippen LogP contribution is -2.45. The second kappa shape index (κ2) is 27.1. The van der Waals surface area contributed by atoms with Crippen LogP contribution in [0.25, 0.3) is 0 Å². The van der Waals surface area contributed by atoms with Crippen LogP contribution < -0.4 is 5.32 Å². The maximum Gasteiger partial charge on any atom is 0.472 e. The van der Waals surface area contributed by atoms with Gasteiger partial charge in [0.2, 0.25) is 5.91 Å². The van der Waals surface area contributed by atoms with Gasteiger partial charge in [0, 0.05) is 6.42 Å². The number of unbranched alkanes of at least 4 members (excludes halogenated alkanes) is 12. The first-order valence-corrected chi connectivity index (χ1v) is 18.4. The van der Waals surface area contributed by atoms with Gasteiger partial charge in [0.15, 0.2) is 0 Å². The van der Waals surface area contributed by atoms with Crippen LogP contribution in [0.5, 0.6) is 0 Å². The van der Waals surface area contributed by atoms with Gasteiger partial charge in [-0.25, -0.2) is 4.57 Å². The number of hydrogen-bond donors (Lipinski definition) is 3. The van der Waals surface area contributed by atoms with Crippen LogP contribution in [0.4, 0.5) is 0 Å². The highest BCUT2D eigenvalue weighted by Gasteiger charge is 2.27. The number of quaternary nitrogens is 1. The average molecular weight is 630 g/mol. The molecule has 0 aliphatic carbocycles. The number of phosphoric acid groups is 1. The minimum absolute atomic E-state index is 0.0536. The molecular weight excluding hydrogens is 563 g/mol. The summed E-state index contributed by atoms with van der Waals surface area (Å²) >= 11 is 0. The number of nitrogens with zero attached hydrogens (tertiary/aromatic N) is 1. The van der Waals surface area contributed by atoms with Gasteiger partial charge in [0.05, 0.1) is 39.9 Å². The molecule has 0 fully saturated rings. The fourth-order valence-corrected chi connectivity index (χ4v) is 5.03. The van der Waals surface area contributed by atoms with Crippen molar-refractivity contribution < 1.29 is 32.9 Å². The number of aliphatic hydroxyl groups excluding tert-OH is 1. The van der Waals surface area contributed by atoms with Crippen LogP contribution in [0.1, 0.15) is 123 Å². The summed E-state index contributed by atoms with van der Waals surface area (Å²) in [5.74, 6) is -0.200. The Bertz CT molecular complexity index is 809. The van der Waals surface area contributed by atoms with Crippen molar-refractivity contribution in [3.05, 3.63) is 36.5 Å². The predicted molar refractivity (Wildman–Crippen MR) is 180 cm³/mol. The van der Waals surface area contributed by atoms with Gasteiger partial charge in [-0.15, -0.1) is 0 Å². The van der Waals surface area contributed by atoms with Crippen LogP contribution in [-0.4, -0.2) is 73.4 Å². The first-order valence-electron chi connectivity index (χ1n) is 16.9. The number of phosphoric ester groups is 1. The molecule has 0 saturated heterocycles. The summed E-state index contributed by atoms with van der Waals surface area (Å²) in [6, 6.07) is -0.861. The number of carbonyl (C=O) groups is 1. The van der Waals surface area contributed by atoms with Crippen molar-refractivity contribution in [2.45, 2.75) is 135 Å². The first kappa shape index (κ1) is 41.7. The minimum atomic E-state index is -4.33. The molecule has 0 saturated carbocycles. The molecule has 0 aromatic carbocycles. The van der Waals surface area contributed by atoms with E-state index in [1.165, 1.54) is 51.4 Å². The lowest BCUT2D eigenvalue weighted by atomic mass is 10.1. The average Bonchev–Trinajstić information content (AvgIpc) is 2.94. The van der Waals surface area contributed by atoms with E-state index in [0.29, 0.717) is 17.4 Å². The van der Waals surface area contributed by atoms with Gasteiger partial charge in [0.25, 0.3) is 0 Å². The molecule has 0 aromatic rings. The number of aliphatic hydroxyl groups is 1. The summed E-state index contributed by atoms with van der Waals surface area (Å²) in [5, 5.41) is 13.6. The van der Waals surface area contributed by atoms with E-state index in [2.05, 4.69) is 43.5 Å². The zero-order valence-electron chi connectivity index (χ0n) is 28.2. The SMILES string of the molecule is CCCC/C=C/CC/C=C/CC/C=C/C(O)C(COP(=O)(O)OCC[N+](C)(C)C)NC(=O)CCCCCCCCCCC. The fraction of sp³-hybridized carbons (Fsp3) is 0.794. The quantitative estimate of drug-likeness (QED) is 0.0335. The van der Waals surface area contributed by atoms with Crippen molar-refractivity contribution in [1.82, 2.24) is 5.32 Å². The van der Waals surface area contributed by atoms with Gasteiger partial charge >= 0.3 is 7.82 Å². The number of carbonyl (C=O) groups excluding carboxylic acids is 1. The molecule has 0 bridgehead atoms. The van der Waals surface area contributed by atoms with Gasteiger partial charge in [-0.1, -0.05) is 115 Å². The van der Waals surface area contributed by atoms with Crippen LogP contribution in [0, 0.1) is 0 Å². The van der Waals surface area contributed by atoms with E-state index in [1.807, 2.05) is 27.2 Å². The van der Waals surface area contributed by atoms with E-state index in [4.69, 9.17) is 9.05 Å². The van der Waals surface area contributed by atoms with Crippen molar-refractivity contribution in [1.29, 1.82) is 0 Å². The van der Waals surface area contributed by atoms with Crippen LogP contribution in [0.3, 0.4) is 0 Å². The Balaban J connectivity index is 4.73. The van der Waals surface area contributed by atoms with E-state index in [9.17, 15) is 19.4 Å². The number of rotatable bonds is 29. The van der Waals surface area contributed by atoms with Crippen LogP contribution >= 0.6 is 7.82 Å². The highest BCUT2D eigenvalue weighted by atomic mass is 31.2. The lowest BCUT2D eigenvalue weighted by molar-refractivity contribution is -0.870. The molecule has 0 heterocycles. The van der Waals surface area contributed by atoms with Crippen molar-refractivity contribution in [2.24, 2.45) is 0 Å². The van der Waals surface area contributed by atoms with E-state index in [0.717, 1.165) is 51.4 Å². The molecule has 0 aliphatic rings. The molecule has 0 aliphatic heterocycles. The van der Waals surface area contributed by atoms with E-state index in [-0.39, 0.29) is 19.1 Å². The number of nitrogens with one attached hydrogen (secondary N) is 1. The smallest absolute Gasteiger partial charge is 0.387 e. The van der Waals surface area contributed by atoms with Crippen molar-refractivity contribution in [2.75, 3.05) is 40.9 Å². The number of hydrogen-bond acceptors (Lipinski definition) is 5. The van der Waals surface area contributed by atoms with Crippen LogP contribution in [0.15, 0.2) is 36.5 Å². The maximum absolute atomic E-state index is 12.7. The largest absolute Gasteiger partial charge is 0.472 e. The third kappa shape index (κ3) is 29.2. The Morgan fingerprint density at radius 1 is 0.767 bits per heavy atom. The van der Waals surface area contributed by atoms with Crippen LogP contribution in [0.2, 0.25) is 0 Å². The minimum Gasteiger partial charge on any atom is -0.387 e. The van der Waals surface area contributed by atoms with Crippen LogP contribution in [-0.2, 0) is 18.4 Å². The second-order valence-electron chi connectivity index (χ2n) is 12.5. The summed E-state index contributed by atoms with van der Waals surface area (Å²) in [5.41, 5.74) is 0. The Hall–Kier alpha value is -1.28. The summed E-state index contributed by atoms with van der Waals surface area (Å²) in [6.07, 6.45) is 29.3. The highest BCUT2D eigenvalue weighted by molar-refractivity contribution is 7.47. The van der Waals surface area contributed by atoms with Gasteiger partial charge in [-0.2, -0.15) is 0 Å². The van der Waals surface area contributed by atoms with Gasteiger partial charge in [-0.05, 0) is 38.5 Å². The van der Waals surface area contributed by atoms with E-state index in [1.54, 1.807) is 6.08 Å². The Morgan fingerprint density at radius 3 is 1.84 bits per heavy atom. The Kier molecular flexibility index (Phi) is 26.3. The summed E-state index contributed by atoms with van der Waals surface area (Å²) < 4.78 is 23.3. The maximum atomic E-state index is 12.7. The zero-order chi connectivity index (χ0) is 32.2. The molecule has 43 heavy (non-hydrogen) atoms. The van der Waals surface area contributed by atoms with Gasteiger partial charge in [0.1, 0.15) is 13.2 Å². The monoisotopic (exact) mass is 629 g/mol. The molecule has 3 atom stereocenters. The van der Waals surface area contributed by atoms with E-state index >= 15 is 0 Å². The summed E-state index contributed by atoms with van der Waals surface area (Å²) in [6.45, 7) is 4.67. The normalized spacial score (nSPS) is 15.4. The molecule has 1 amide bonds. The number of likely N-dealkylation sites (N-methyl/N-ethyl adjacent to an activating group) is 1. The van der Waals surface area contributed by atoms with E-state index < -0.39 is 20.0 Å². The first-order chi connectivity index (χ1) is 20.5. The Labute approximate surface area is 264 Å². The number of amides is 1. The highest BCUT2D eigenvalue weighted by Crippen LogP contribution is 2.43. The summed E-state index contributed by atoms with van der Waals surface area (Å²) in [7, 11) is 1.54. The Morgan fingerprint density at radius 2 is 1.28 bits per heavy atom. The second-order valence-corrected chi connectivity index (χ2v) is 14.0. The predicted octanol–water partition coefficient (Wildman–Crippen LogP) is 8.01. The topological polar surface area (TPSA) is 105 Å². The molecule has 3 unspecified atom stereocenters. The number of allylic oxidation sites excluding steroid dienone is 5. The molecule has 8 nitrogen and oxygen atoms in total. The fourth-order valence-electron chi connectivity index (χ4n) is 4.29. The molecule has 0 aromatic heterocycles. The molecule has 9 heteroatoms. The lowest BCUT2D eigenvalue weighted by Gasteiger charge is -2.25. The molecule has 0 spiro atoms. The van der Waals surface area contributed by atoms with Crippen molar-refractivity contribution in [3.8, 4) is 0 Å². The van der Waals surface area contributed by atoms with Gasteiger partial charge < -0.3 is 19.8 Å². The summed E-state index contributed by atoms with van der Waals surface area (Å²) in [4.78, 5) is 22.8. The van der Waals surface area contributed by atoms with Crippen molar-refractivity contribution in [3.63, 3.8) is 0 Å². The zero-order valence-corrected chi connectivity index (χ0v) is 29.1. The molecule has 0 radical (unpaired) electrons. The third-order valence-electron chi connectivity index (χ3n) is 7.09. The molecule has 0 rings (SSSR count). The molecular formula is C34H66N2O6P+. The van der Waals surface area contributed by atoms with Crippen molar-refractivity contribution >= 4 is 13.7 Å². The molecule has 3 N–H and O–H groups in total. The van der Waals surface area contributed by atoms with Gasteiger partial charge in [-0.3, -0.25) is 13.8 Å².